The first-order chi connectivity index (χ1) is 7.59. The van der Waals surface area contributed by atoms with Crippen molar-refractivity contribution in [1.29, 1.82) is 0 Å². The number of nitrogens with zero attached hydrogens (tertiary/aromatic N) is 2. The summed E-state index contributed by atoms with van der Waals surface area (Å²) in [4.78, 5) is 12.1. The van der Waals surface area contributed by atoms with E-state index in [1.807, 2.05) is 25.1 Å². The van der Waals surface area contributed by atoms with Gasteiger partial charge in [0.05, 0.1) is 0 Å². The summed E-state index contributed by atoms with van der Waals surface area (Å²) in [5, 5.41) is 4.11. The zero-order valence-electron chi connectivity index (χ0n) is 9.07. The molecule has 0 fully saturated rings. The summed E-state index contributed by atoms with van der Waals surface area (Å²) in [5.74, 6) is -0.0422. The van der Waals surface area contributed by atoms with E-state index in [-0.39, 0.29) is 5.78 Å². The van der Waals surface area contributed by atoms with Crippen molar-refractivity contribution in [3.8, 4) is 0 Å². The van der Waals surface area contributed by atoms with Gasteiger partial charge in [-0.1, -0.05) is 28.1 Å². The van der Waals surface area contributed by atoms with Crippen molar-refractivity contribution in [1.82, 2.24) is 9.78 Å². The van der Waals surface area contributed by atoms with Crippen LogP contribution in [0, 0.1) is 6.92 Å². The van der Waals surface area contributed by atoms with Crippen LogP contribution in [0.3, 0.4) is 0 Å². The molecule has 4 heteroatoms. The predicted molar refractivity (Wildman–Crippen MR) is 65.5 cm³/mol. The fraction of sp³-hybridized carbons (Fsp3) is 0.167. The molecule has 0 spiro atoms. The van der Waals surface area contributed by atoms with Crippen LogP contribution in [0.4, 0.5) is 0 Å². The molecule has 0 saturated carbocycles. The molecule has 2 aromatic rings. The Balaban J connectivity index is 2.45. The normalized spacial score (nSPS) is 10.4. The van der Waals surface area contributed by atoms with Gasteiger partial charge < -0.3 is 0 Å². The second kappa shape index (κ2) is 4.22. The molecule has 0 saturated heterocycles. The van der Waals surface area contributed by atoms with Crippen molar-refractivity contribution in [3.05, 3.63) is 51.8 Å². The van der Waals surface area contributed by atoms with Gasteiger partial charge in [0.15, 0.2) is 0 Å². The Morgan fingerprint density at radius 1 is 1.38 bits per heavy atom. The van der Waals surface area contributed by atoms with Crippen LogP contribution < -0.4 is 0 Å². The topological polar surface area (TPSA) is 34.9 Å². The molecule has 0 radical (unpaired) electrons. The van der Waals surface area contributed by atoms with Gasteiger partial charge in [-0.3, -0.25) is 9.48 Å². The lowest BCUT2D eigenvalue weighted by atomic mass is 10.0. The van der Waals surface area contributed by atoms with Crippen molar-refractivity contribution in [2.24, 2.45) is 7.05 Å². The molecule has 1 aromatic heterocycles. The Morgan fingerprint density at radius 2 is 2.12 bits per heavy atom. The van der Waals surface area contributed by atoms with Crippen molar-refractivity contribution >= 4 is 21.7 Å². The molecule has 1 heterocycles. The highest BCUT2D eigenvalue weighted by Gasteiger charge is 2.14. The van der Waals surface area contributed by atoms with E-state index in [0.717, 1.165) is 10.0 Å². The third kappa shape index (κ3) is 1.93. The highest BCUT2D eigenvalue weighted by Crippen LogP contribution is 2.21. The fourth-order valence-corrected chi connectivity index (χ4v) is 1.89. The molecular formula is C12H11BrN2O. The lowest BCUT2D eigenvalue weighted by Crippen LogP contribution is -2.05. The molecule has 16 heavy (non-hydrogen) atoms. The van der Waals surface area contributed by atoms with Crippen LogP contribution in [-0.4, -0.2) is 15.6 Å². The second-order valence-corrected chi connectivity index (χ2v) is 4.47. The third-order valence-corrected chi connectivity index (χ3v) is 3.32. The van der Waals surface area contributed by atoms with Gasteiger partial charge in [0, 0.05) is 23.3 Å². The average Bonchev–Trinajstić information content (AvgIpc) is 2.68. The smallest absolute Gasteiger partial charge is 0.213 e. The number of hydrogen-bond acceptors (Lipinski definition) is 2. The van der Waals surface area contributed by atoms with Gasteiger partial charge in [0.1, 0.15) is 5.69 Å². The molecule has 2 rings (SSSR count). The molecule has 0 bridgehead atoms. The number of rotatable bonds is 2. The summed E-state index contributed by atoms with van der Waals surface area (Å²) >= 11 is 3.41. The van der Waals surface area contributed by atoms with Crippen LogP contribution in [0.25, 0.3) is 0 Å². The number of aryl methyl sites for hydroxylation is 1. The van der Waals surface area contributed by atoms with Crippen LogP contribution >= 0.6 is 15.9 Å². The van der Waals surface area contributed by atoms with Gasteiger partial charge >= 0.3 is 0 Å². The zero-order valence-corrected chi connectivity index (χ0v) is 10.7. The lowest BCUT2D eigenvalue weighted by molar-refractivity contribution is 0.103. The monoisotopic (exact) mass is 278 g/mol. The quantitative estimate of drug-likeness (QED) is 0.792. The summed E-state index contributed by atoms with van der Waals surface area (Å²) in [6, 6.07) is 7.32. The number of aromatic nitrogens is 2. The first-order valence-electron chi connectivity index (χ1n) is 4.89. The number of ketones is 1. The van der Waals surface area contributed by atoms with E-state index in [4.69, 9.17) is 0 Å². The van der Waals surface area contributed by atoms with Gasteiger partial charge in [-0.05, 0) is 24.6 Å². The summed E-state index contributed by atoms with van der Waals surface area (Å²) in [6.45, 7) is 1.92. The number of benzene rings is 1. The Bertz CT molecular complexity index is 546. The first-order valence-corrected chi connectivity index (χ1v) is 5.68. The molecule has 82 valence electrons. The summed E-state index contributed by atoms with van der Waals surface area (Å²) in [5.41, 5.74) is 2.11. The van der Waals surface area contributed by atoms with Gasteiger partial charge in [0.2, 0.25) is 5.78 Å². The Hall–Kier alpha value is -1.42. The van der Waals surface area contributed by atoms with Crippen LogP contribution in [0.5, 0.6) is 0 Å². The first kappa shape index (κ1) is 11.1. The molecule has 0 aliphatic rings. The molecule has 0 aliphatic heterocycles. The maximum atomic E-state index is 12.1. The maximum Gasteiger partial charge on any atom is 0.213 e. The largest absolute Gasteiger partial charge is 0.287 e. The number of carbonyl (C=O) groups excluding carboxylic acids is 1. The van der Waals surface area contributed by atoms with E-state index < -0.39 is 0 Å². The van der Waals surface area contributed by atoms with Gasteiger partial charge in [-0.25, -0.2) is 0 Å². The molecule has 0 N–H and O–H groups in total. The van der Waals surface area contributed by atoms with Crippen molar-refractivity contribution in [2.45, 2.75) is 6.92 Å². The van der Waals surface area contributed by atoms with E-state index in [1.54, 1.807) is 24.0 Å². The summed E-state index contributed by atoms with van der Waals surface area (Å²) in [6.07, 6.45) is 1.76. The molecule has 0 amide bonds. The van der Waals surface area contributed by atoms with E-state index in [0.29, 0.717) is 11.3 Å². The van der Waals surface area contributed by atoms with Crippen molar-refractivity contribution < 1.29 is 4.79 Å². The van der Waals surface area contributed by atoms with E-state index >= 15 is 0 Å². The molecule has 0 aliphatic carbocycles. The van der Waals surface area contributed by atoms with Crippen LogP contribution in [0.1, 0.15) is 21.6 Å². The van der Waals surface area contributed by atoms with Crippen molar-refractivity contribution in [3.63, 3.8) is 0 Å². The number of carbonyl (C=O) groups is 1. The van der Waals surface area contributed by atoms with Gasteiger partial charge in [-0.2, -0.15) is 5.10 Å². The van der Waals surface area contributed by atoms with Crippen molar-refractivity contribution in [2.75, 3.05) is 0 Å². The van der Waals surface area contributed by atoms with E-state index in [1.165, 1.54) is 0 Å². The fourth-order valence-electron chi connectivity index (χ4n) is 1.53. The van der Waals surface area contributed by atoms with E-state index in [9.17, 15) is 4.79 Å². The lowest BCUT2D eigenvalue weighted by Gasteiger charge is -2.04. The van der Waals surface area contributed by atoms with Crippen LogP contribution in [0.15, 0.2) is 34.9 Å². The average molecular weight is 279 g/mol. The minimum Gasteiger partial charge on any atom is -0.287 e. The molecule has 0 atom stereocenters. The second-order valence-electron chi connectivity index (χ2n) is 3.62. The zero-order chi connectivity index (χ0) is 11.7. The number of hydrogen-bond donors (Lipinski definition) is 0. The van der Waals surface area contributed by atoms with Crippen LogP contribution in [0.2, 0.25) is 0 Å². The third-order valence-electron chi connectivity index (χ3n) is 2.46. The molecule has 0 unspecified atom stereocenters. The van der Waals surface area contributed by atoms with Gasteiger partial charge in [-0.15, -0.1) is 0 Å². The summed E-state index contributed by atoms with van der Waals surface area (Å²) < 4.78 is 2.56. The predicted octanol–water partition coefficient (Wildman–Crippen LogP) is 2.72. The minimum atomic E-state index is -0.0422. The Morgan fingerprint density at radius 3 is 2.75 bits per heavy atom. The van der Waals surface area contributed by atoms with E-state index in [2.05, 4.69) is 21.0 Å². The SMILES string of the molecule is Cc1c(Br)cccc1C(=O)c1ccn(C)n1. The standard InChI is InChI=1S/C12H11BrN2O/c1-8-9(4-3-5-10(8)13)12(16)11-6-7-15(2)14-11/h3-7H,1-2H3. The molecule has 1 aromatic carbocycles. The highest BCUT2D eigenvalue weighted by molar-refractivity contribution is 9.10. The number of halogens is 1. The Kier molecular flexibility index (Phi) is 2.92. The minimum absolute atomic E-state index is 0.0422. The molecule has 3 nitrogen and oxygen atoms in total. The highest BCUT2D eigenvalue weighted by atomic mass is 79.9. The van der Waals surface area contributed by atoms with Gasteiger partial charge in [0.25, 0.3) is 0 Å². The molecular weight excluding hydrogens is 268 g/mol. The van der Waals surface area contributed by atoms with Crippen LogP contribution in [-0.2, 0) is 7.05 Å². The summed E-state index contributed by atoms with van der Waals surface area (Å²) in [7, 11) is 1.80. The Labute approximate surface area is 102 Å². The maximum absolute atomic E-state index is 12.1.